The Hall–Kier alpha value is -0.570. The molecule has 1 aliphatic rings. The van der Waals surface area contributed by atoms with Gasteiger partial charge in [-0.2, -0.15) is 0 Å². The molecule has 94 valence electrons. The van der Waals surface area contributed by atoms with Gasteiger partial charge in [0.1, 0.15) is 0 Å². The molecule has 0 saturated carbocycles. The normalized spacial score (nSPS) is 31.4. The quantitative estimate of drug-likeness (QED) is 0.690. The lowest BCUT2D eigenvalue weighted by atomic mass is 9.79. The molecular formula is C13H25NO2. The van der Waals surface area contributed by atoms with Crippen molar-refractivity contribution >= 4 is 5.97 Å². The van der Waals surface area contributed by atoms with Crippen LogP contribution >= 0.6 is 0 Å². The van der Waals surface area contributed by atoms with Gasteiger partial charge in [0, 0.05) is 12.5 Å². The standard InChI is InChI=1S/C13H25NO2/c1-5-16-13(15)7-6-12-10(2)8-9-14(4)11(12)3/h10-12H,5-9H2,1-4H3. The topological polar surface area (TPSA) is 29.5 Å². The molecule has 0 amide bonds. The van der Waals surface area contributed by atoms with E-state index in [1.54, 1.807) is 0 Å². The molecule has 3 nitrogen and oxygen atoms in total. The number of rotatable bonds is 4. The smallest absolute Gasteiger partial charge is 0.305 e. The highest BCUT2D eigenvalue weighted by Gasteiger charge is 2.31. The van der Waals surface area contributed by atoms with Crippen LogP contribution < -0.4 is 0 Å². The Morgan fingerprint density at radius 1 is 1.44 bits per heavy atom. The zero-order valence-corrected chi connectivity index (χ0v) is 11.0. The van der Waals surface area contributed by atoms with E-state index in [4.69, 9.17) is 4.74 Å². The summed E-state index contributed by atoms with van der Waals surface area (Å²) in [6.07, 6.45) is 2.78. The third-order valence-electron chi connectivity index (χ3n) is 3.97. The number of esters is 1. The summed E-state index contributed by atoms with van der Waals surface area (Å²) in [6, 6.07) is 0.582. The second-order valence-electron chi connectivity index (χ2n) is 4.99. The lowest BCUT2D eigenvalue weighted by molar-refractivity contribution is -0.143. The first-order valence-electron chi connectivity index (χ1n) is 6.42. The maximum absolute atomic E-state index is 11.3. The molecule has 1 saturated heterocycles. The Balaban J connectivity index is 2.41. The Bertz CT molecular complexity index is 230. The van der Waals surface area contributed by atoms with Gasteiger partial charge in [-0.1, -0.05) is 6.92 Å². The molecule has 0 aliphatic carbocycles. The van der Waals surface area contributed by atoms with Crippen LogP contribution in [0.4, 0.5) is 0 Å². The lowest BCUT2D eigenvalue weighted by Gasteiger charge is -2.41. The van der Waals surface area contributed by atoms with E-state index in [1.807, 2.05) is 6.92 Å². The summed E-state index contributed by atoms with van der Waals surface area (Å²) < 4.78 is 4.98. The van der Waals surface area contributed by atoms with Crippen LogP contribution in [0, 0.1) is 11.8 Å². The molecular weight excluding hydrogens is 202 g/mol. The molecule has 0 N–H and O–H groups in total. The van der Waals surface area contributed by atoms with Gasteiger partial charge in [-0.15, -0.1) is 0 Å². The number of nitrogens with zero attached hydrogens (tertiary/aromatic N) is 1. The first-order valence-corrected chi connectivity index (χ1v) is 6.42. The lowest BCUT2D eigenvalue weighted by Crippen LogP contribution is -2.44. The van der Waals surface area contributed by atoms with Crippen molar-refractivity contribution in [2.45, 2.75) is 46.1 Å². The van der Waals surface area contributed by atoms with E-state index >= 15 is 0 Å². The van der Waals surface area contributed by atoms with Crippen LogP contribution in [-0.4, -0.2) is 37.1 Å². The summed E-state index contributed by atoms with van der Waals surface area (Å²) in [5, 5.41) is 0. The molecule has 0 aromatic heterocycles. The van der Waals surface area contributed by atoms with E-state index in [1.165, 1.54) is 13.0 Å². The molecule has 3 unspecified atom stereocenters. The highest BCUT2D eigenvalue weighted by atomic mass is 16.5. The molecule has 1 rings (SSSR count). The van der Waals surface area contributed by atoms with Gasteiger partial charge in [-0.25, -0.2) is 0 Å². The molecule has 0 bridgehead atoms. The predicted octanol–water partition coefficient (Wildman–Crippen LogP) is 2.31. The van der Waals surface area contributed by atoms with Crippen LogP contribution in [0.5, 0.6) is 0 Å². The summed E-state index contributed by atoms with van der Waals surface area (Å²) >= 11 is 0. The maximum Gasteiger partial charge on any atom is 0.305 e. The first-order chi connectivity index (χ1) is 7.56. The minimum atomic E-state index is -0.0462. The minimum Gasteiger partial charge on any atom is -0.466 e. The van der Waals surface area contributed by atoms with E-state index in [0.29, 0.717) is 25.0 Å². The van der Waals surface area contributed by atoms with Gasteiger partial charge in [-0.3, -0.25) is 4.79 Å². The molecule has 1 heterocycles. The van der Waals surface area contributed by atoms with Crippen molar-refractivity contribution < 1.29 is 9.53 Å². The fraction of sp³-hybridized carbons (Fsp3) is 0.923. The largest absolute Gasteiger partial charge is 0.466 e. The molecule has 0 radical (unpaired) electrons. The third-order valence-corrected chi connectivity index (χ3v) is 3.97. The van der Waals surface area contributed by atoms with Crippen LogP contribution in [0.1, 0.15) is 40.0 Å². The van der Waals surface area contributed by atoms with Crippen molar-refractivity contribution in [3.63, 3.8) is 0 Å². The fourth-order valence-electron chi connectivity index (χ4n) is 2.67. The predicted molar refractivity (Wildman–Crippen MR) is 65.2 cm³/mol. The molecule has 0 aromatic carbocycles. The molecule has 1 aliphatic heterocycles. The number of hydrogen-bond acceptors (Lipinski definition) is 3. The number of likely N-dealkylation sites (tertiary alicyclic amines) is 1. The van der Waals surface area contributed by atoms with Gasteiger partial charge in [0.15, 0.2) is 0 Å². The van der Waals surface area contributed by atoms with E-state index in [2.05, 4.69) is 25.8 Å². The summed E-state index contributed by atoms with van der Waals surface area (Å²) in [5.41, 5.74) is 0. The molecule has 0 spiro atoms. The van der Waals surface area contributed by atoms with E-state index in [0.717, 1.165) is 12.3 Å². The van der Waals surface area contributed by atoms with Gasteiger partial charge in [0.25, 0.3) is 0 Å². The number of piperidine rings is 1. The molecule has 16 heavy (non-hydrogen) atoms. The zero-order valence-electron chi connectivity index (χ0n) is 11.0. The Labute approximate surface area is 99.1 Å². The Kier molecular flexibility index (Phi) is 5.26. The van der Waals surface area contributed by atoms with E-state index in [-0.39, 0.29) is 5.97 Å². The molecule has 0 aromatic rings. The monoisotopic (exact) mass is 227 g/mol. The Morgan fingerprint density at radius 3 is 2.75 bits per heavy atom. The number of hydrogen-bond donors (Lipinski definition) is 0. The minimum absolute atomic E-state index is 0.0462. The summed E-state index contributed by atoms with van der Waals surface area (Å²) in [4.78, 5) is 13.7. The third kappa shape index (κ3) is 3.48. The highest BCUT2D eigenvalue weighted by Crippen LogP contribution is 2.31. The molecule has 1 fully saturated rings. The number of carbonyl (C=O) groups is 1. The van der Waals surface area contributed by atoms with Crippen LogP contribution in [0.2, 0.25) is 0 Å². The number of ether oxygens (including phenoxy) is 1. The average Bonchev–Trinajstić information content (AvgIpc) is 2.24. The van der Waals surface area contributed by atoms with E-state index in [9.17, 15) is 4.79 Å². The van der Waals surface area contributed by atoms with Crippen molar-refractivity contribution in [1.29, 1.82) is 0 Å². The number of carbonyl (C=O) groups excluding carboxylic acids is 1. The van der Waals surface area contributed by atoms with Crippen molar-refractivity contribution in [2.75, 3.05) is 20.2 Å². The van der Waals surface area contributed by atoms with Crippen molar-refractivity contribution in [3.05, 3.63) is 0 Å². The van der Waals surface area contributed by atoms with Crippen molar-refractivity contribution in [3.8, 4) is 0 Å². The van der Waals surface area contributed by atoms with Gasteiger partial charge < -0.3 is 9.64 Å². The first kappa shape index (κ1) is 13.5. The maximum atomic E-state index is 11.3. The second kappa shape index (κ2) is 6.24. The average molecular weight is 227 g/mol. The fourth-order valence-corrected chi connectivity index (χ4v) is 2.67. The van der Waals surface area contributed by atoms with Gasteiger partial charge in [-0.05, 0) is 52.1 Å². The SMILES string of the molecule is CCOC(=O)CCC1C(C)CCN(C)C1C. The van der Waals surface area contributed by atoms with Crippen LogP contribution in [-0.2, 0) is 9.53 Å². The Morgan fingerprint density at radius 2 is 2.12 bits per heavy atom. The van der Waals surface area contributed by atoms with Crippen LogP contribution in [0.25, 0.3) is 0 Å². The summed E-state index contributed by atoms with van der Waals surface area (Å²) in [5.74, 6) is 1.30. The highest BCUT2D eigenvalue weighted by molar-refractivity contribution is 5.69. The zero-order chi connectivity index (χ0) is 12.1. The van der Waals surface area contributed by atoms with Crippen LogP contribution in [0.15, 0.2) is 0 Å². The molecule has 3 heteroatoms. The summed E-state index contributed by atoms with van der Waals surface area (Å²) in [7, 11) is 2.17. The van der Waals surface area contributed by atoms with Crippen LogP contribution in [0.3, 0.4) is 0 Å². The molecule has 3 atom stereocenters. The van der Waals surface area contributed by atoms with Gasteiger partial charge in [0.2, 0.25) is 0 Å². The van der Waals surface area contributed by atoms with Crippen molar-refractivity contribution in [1.82, 2.24) is 4.90 Å². The second-order valence-corrected chi connectivity index (χ2v) is 4.99. The van der Waals surface area contributed by atoms with E-state index < -0.39 is 0 Å². The van der Waals surface area contributed by atoms with Gasteiger partial charge >= 0.3 is 5.97 Å². The van der Waals surface area contributed by atoms with Crippen molar-refractivity contribution in [2.24, 2.45) is 11.8 Å². The summed E-state index contributed by atoms with van der Waals surface area (Å²) in [6.45, 7) is 8.11. The van der Waals surface area contributed by atoms with Gasteiger partial charge in [0.05, 0.1) is 6.61 Å².